The molecule has 0 atom stereocenters. The Morgan fingerprint density at radius 3 is 2.81 bits per heavy atom. The molecular weight excluding hydrogens is 286 g/mol. The molecule has 0 amide bonds. The van der Waals surface area contributed by atoms with Gasteiger partial charge in [-0.2, -0.15) is 0 Å². The van der Waals surface area contributed by atoms with Crippen LogP contribution >= 0.6 is 27.7 Å². The predicted molar refractivity (Wildman–Crippen MR) is 67.9 cm³/mol. The number of halogens is 1. The fraction of sp³-hybridized carbons (Fsp3) is 0. The molecule has 0 spiro atoms. The second kappa shape index (κ2) is 5.27. The highest BCUT2D eigenvalue weighted by Gasteiger charge is 2.05. The number of hydrogen-bond donors (Lipinski definition) is 0. The summed E-state index contributed by atoms with van der Waals surface area (Å²) in [6.45, 7) is 0. The van der Waals surface area contributed by atoms with Gasteiger partial charge in [0.15, 0.2) is 6.29 Å². The standard InChI is InChI=1S/C12H8BrNOS/c13-10-5-4-9(8-15)11(7-10)16-12-3-1-2-6-14-12/h1-8H. The van der Waals surface area contributed by atoms with Gasteiger partial charge in [0, 0.05) is 21.1 Å². The Balaban J connectivity index is 2.33. The first kappa shape index (κ1) is 11.4. The van der Waals surface area contributed by atoms with Crippen LogP contribution in [0.2, 0.25) is 0 Å². The predicted octanol–water partition coefficient (Wildman–Crippen LogP) is 3.81. The van der Waals surface area contributed by atoms with Crippen molar-refractivity contribution >= 4 is 34.0 Å². The van der Waals surface area contributed by atoms with Crippen LogP contribution in [0.25, 0.3) is 0 Å². The van der Waals surface area contributed by atoms with Crippen LogP contribution in [0.5, 0.6) is 0 Å². The van der Waals surface area contributed by atoms with Crippen LogP contribution in [-0.4, -0.2) is 11.3 Å². The highest BCUT2D eigenvalue weighted by atomic mass is 79.9. The van der Waals surface area contributed by atoms with E-state index in [9.17, 15) is 4.79 Å². The van der Waals surface area contributed by atoms with Crippen LogP contribution in [0.15, 0.2) is 57.0 Å². The number of carbonyl (C=O) groups excluding carboxylic acids is 1. The molecule has 2 aromatic rings. The van der Waals surface area contributed by atoms with Crippen molar-refractivity contribution in [3.63, 3.8) is 0 Å². The summed E-state index contributed by atoms with van der Waals surface area (Å²) >= 11 is 4.87. The number of rotatable bonds is 3. The second-order valence-corrected chi connectivity index (χ2v) is 5.05. The average molecular weight is 294 g/mol. The zero-order valence-corrected chi connectivity index (χ0v) is 10.7. The Labute approximate surface area is 106 Å². The lowest BCUT2D eigenvalue weighted by Crippen LogP contribution is -1.86. The molecule has 0 saturated heterocycles. The number of pyridine rings is 1. The zero-order chi connectivity index (χ0) is 11.4. The van der Waals surface area contributed by atoms with Crippen LogP contribution in [0, 0.1) is 0 Å². The molecule has 0 unspecified atom stereocenters. The van der Waals surface area contributed by atoms with Crippen molar-refractivity contribution in [1.29, 1.82) is 0 Å². The fourth-order valence-corrected chi connectivity index (χ4v) is 2.63. The SMILES string of the molecule is O=Cc1ccc(Br)cc1Sc1ccccn1. The van der Waals surface area contributed by atoms with Crippen LogP contribution in [0.1, 0.15) is 10.4 Å². The van der Waals surface area contributed by atoms with Crippen LogP contribution in [0.4, 0.5) is 0 Å². The molecule has 2 nitrogen and oxygen atoms in total. The third-order valence-electron chi connectivity index (χ3n) is 1.95. The molecule has 0 fully saturated rings. The molecule has 16 heavy (non-hydrogen) atoms. The first-order valence-electron chi connectivity index (χ1n) is 4.63. The van der Waals surface area contributed by atoms with Crippen molar-refractivity contribution in [3.05, 3.63) is 52.6 Å². The highest BCUT2D eigenvalue weighted by molar-refractivity contribution is 9.10. The Hall–Kier alpha value is -1.13. The Bertz CT molecular complexity index is 502. The lowest BCUT2D eigenvalue weighted by Gasteiger charge is -2.04. The van der Waals surface area contributed by atoms with E-state index in [1.165, 1.54) is 11.8 Å². The van der Waals surface area contributed by atoms with E-state index in [0.717, 1.165) is 20.7 Å². The van der Waals surface area contributed by atoms with E-state index >= 15 is 0 Å². The molecule has 0 aliphatic carbocycles. The molecule has 4 heteroatoms. The first-order valence-corrected chi connectivity index (χ1v) is 6.24. The molecule has 0 aliphatic rings. The summed E-state index contributed by atoms with van der Waals surface area (Å²) in [6, 6.07) is 11.3. The molecule has 0 aliphatic heterocycles. The average Bonchev–Trinajstić information content (AvgIpc) is 2.31. The number of hydrogen-bond acceptors (Lipinski definition) is 3. The lowest BCUT2D eigenvalue weighted by atomic mass is 10.2. The molecular formula is C12H8BrNOS. The molecule has 0 N–H and O–H groups in total. The topological polar surface area (TPSA) is 30.0 Å². The minimum absolute atomic E-state index is 0.679. The second-order valence-electron chi connectivity index (χ2n) is 3.07. The van der Waals surface area contributed by atoms with Gasteiger partial charge in [0.1, 0.15) is 5.03 Å². The van der Waals surface area contributed by atoms with Gasteiger partial charge in [-0.15, -0.1) is 0 Å². The minimum Gasteiger partial charge on any atom is -0.298 e. The van der Waals surface area contributed by atoms with E-state index in [1.54, 1.807) is 12.3 Å². The van der Waals surface area contributed by atoms with Crippen molar-refractivity contribution in [2.45, 2.75) is 9.92 Å². The molecule has 0 bridgehead atoms. The van der Waals surface area contributed by atoms with Crippen LogP contribution in [-0.2, 0) is 0 Å². The van der Waals surface area contributed by atoms with Gasteiger partial charge in [-0.1, -0.05) is 33.8 Å². The first-order chi connectivity index (χ1) is 7.79. The summed E-state index contributed by atoms with van der Waals surface area (Å²) in [6.07, 6.45) is 2.60. The maximum absolute atomic E-state index is 10.9. The lowest BCUT2D eigenvalue weighted by molar-refractivity contribution is 0.112. The van der Waals surface area contributed by atoms with Gasteiger partial charge in [0.2, 0.25) is 0 Å². The van der Waals surface area contributed by atoms with E-state index in [0.29, 0.717) is 5.56 Å². The summed E-state index contributed by atoms with van der Waals surface area (Å²) in [5, 5.41) is 0.878. The van der Waals surface area contributed by atoms with E-state index in [-0.39, 0.29) is 0 Å². The molecule has 0 radical (unpaired) electrons. The molecule has 2 rings (SSSR count). The monoisotopic (exact) mass is 293 g/mol. The third kappa shape index (κ3) is 2.71. The van der Waals surface area contributed by atoms with Gasteiger partial charge in [-0.25, -0.2) is 4.98 Å². The van der Waals surface area contributed by atoms with Crippen molar-refractivity contribution in [2.24, 2.45) is 0 Å². The summed E-state index contributed by atoms with van der Waals surface area (Å²) in [5.74, 6) is 0. The largest absolute Gasteiger partial charge is 0.298 e. The van der Waals surface area contributed by atoms with E-state index < -0.39 is 0 Å². The third-order valence-corrected chi connectivity index (χ3v) is 3.47. The fourth-order valence-electron chi connectivity index (χ4n) is 1.21. The highest BCUT2D eigenvalue weighted by Crippen LogP contribution is 2.30. The van der Waals surface area contributed by atoms with Gasteiger partial charge in [-0.3, -0.25) is 4.79 Å². The Morgan fingerprint density at radius 2 is 2.12 bits per heavy atom. The van der Waals surface area contributed by atoms with E-state index in [4.69, 9.17) is 0 Å². The van der Waals surface area contributed by atoms with Gasteiger partial charge < -0.3 is 0 Å². The van der Waals surface area contributed by atoms with Crippen molar-refractivity contribution in [2.75, 3.05) is 0 Å². The smallest absolute Gasteiger partial charge is 0.151 e. The molecule has 1 aromatic carbocycles. The maximum atomic E-state index is 10.9. The number of aldehydes is 1. The summed E-state index contributed by atoms with van der Waals surface area (Å²) in [4.78, 5) is 16.0. The van der Waals surface area contributed by atoms with Crippen molar-refractivity contribution < 1.29 is 4.79 Å². The van der Waals surface area contributed by atoms with Crippen molar-refractivity contribution in [1.82, 2.24) is 4.98 Å². The van der Waals surface area contributed by atoms with Crippen molar-refractivity contribution in [3.8, 4) is 0 Å². The normalized spacial score (nSPS) is 10.1. The van der Waals surface area contributed by atoms with Gasteiger partial charge >= 0.3 is 0 Å². The summed E-state index contributed by atoms with van der Waals surface area (Å²) < 4.78 is 0.955. The van der Waals surface area contributed by atoms with E-state index in [1.807, 2.05) is 30.3 Å². The summed E-state index contributed by atoms with van der Waals surface area (Å²) in [5.41, 5.74) is 0.679. The zero-order valence-electron chi connectivity index (χ0n) is 8.26. The van der Waals surface area contributed by atoms with Crippen LogP contribution in [0.3, 0.4) is 0 Å². The Morgan fingerprint density at radius 1 is 1.25 bits per heavy atom. The molecule has 80 valence electrons. The molecule has 0 saturated carbocycles. The minimum atomic E-state index is 0.679. The van der Waals surface area contributed by atoms with Crippen LogP contribution < -0.4 is 0 Å². The summed E-state index contributed by atoms with van der Waals surface area (Å²) in [7, 11) is 0. The van der Waals surface area contributed by atoms with Gasteiger partial charge in [0.05, 0.1) is 0 Å². The number of aromatic nitrogens is 1. The van der Waals surface area contributed by atoms with Gasteiger partial charge in [-0.05, 0) is 30.3 Å². The number of benzene rings is 1. The quantitative estimate of drug-likeness (QED) is 0.806. The maximum Gasteiger partial charge on any atom is 0.151 e. The number of nitrogens with zero attached hydrogens (tertiary/aromatic N) is 1. The molecule has 1 aromatic heterocycles. The molecule has 1 heterocycles. The number of carbonyl (C=O) groups is 1. The Kier molecular flexibility index (Phi) is 3.74. The van der Waals surface area contributed by atoms with Gasteiger partial charge in [0.25, 0.3) is 0 Å². The van der Waals surface area contributed by atoms with E-state index in [2.05, 4.69) is 20.9 Å².